The van der Waals surface area contributed by atoms with E-state index in [1.54, 1.807) is 6.92 Å². The van der Waals surface area contributed by atoms with Gasteiger partial charge in [-0.3, -0.25) is 9.69 Å². The number of hydrogen-bond donors (Lipinski definition) is 0. The van der Waals surface area contributed by atoms with Crippen molar-refractivity contribution in [1.82, 2.24) is 4.90 Å². The van der Waals surface area contributed by atoms with E-state index in [1.165, 1.54) is 11.1 Å². The van der Waals surface area contributed by atoms with Crippen LogP contribution in [0.2, 0.25) is 0 Å². The number of hydrogen-bond acceptors (Lipinski definition) is 3. The number of benzene rings is 2. The van der Waals surface area contributed by atoms with Gasteiger partial charge in [0.25, 0.3) is 0 Å². The molecule has 1 aliphatic heterocycles. The molecule has 0 atom stereocenters. The van der Waals surface area contributed by atoms with Gasteiger partial charge < -0.3 is 4.74 Å². The summed E-state index contributed by atoms with van der Waals surface area (Å²) in [6.07, 6.45) is 2.22. The molecule has 0 radical (unpaired) electrons. The summed E-state index contributed by atoms with van der Waals surface area (Å²) in [7, 11) is 0. The molecule has 1 heterocycles. The molecule has 3 nitrogen and oxygen atoms in total. The minimum absolute atomic E-state index is 0.0992. The quantitative estimate of drug-likeness (QED) is 0.620. The van der Waals surface area contributed by atoms with Gasteiger partial charge in [-0.1, -0.05) is 54.6 Å². The van der Waals surface area contributed by atoms with Gasteiger partial charge in [0.15, 0.2) is 5.78 Å². The van der Waals surface area contributed by atoms with Crippen molar-refractivity contribution in [1.29, 1.82) is 0 Å². The lowest BCUT2D eigenvalue weighted by Crippen LogP contribution is -2.37. The number of carbonyl (C=O) groups is 1. The largest absolute Gasteiger partial charge is 0.379 e. The van der Waals surface area contributed by atoms with Gasteiger partial charge >= 0.3 is 0 Å². The highest BCUT2D eigenvalue weighted by Crippen LogP contribution is 2.20. The van der Waals surface area contributed by atoms with E-state index >= 15 is 0 Å². The van der Waals surface area contributed by atoms with Crippen molar-refractivity contribution < 1.29 is 9.53 Å². The van der Waals surface area contributed by atoms with Crippen LogP contribution in [-0.2, 0) is 4.74 Å². The first-order chi connectivity index (χ1) is 11.7. The molecule has 0 bridgehead atoms. The van der Waals surface area contributed by atoms with Gasteiger partial charge in [-0.25, -0.2) is 0 Å². The Balaban J connectivity index is 1.86. The summed E-state index contributed by atoms with van der Waals surface area (Å²) in [6.45, 7) is 6.03. The molecule has 0 aliphatic carbocycles. The summed E-state index contributed by atoms with van der Waals surface area (Å²) in [5, 5.41) is 0. The molecule has 24 heavy (non-hydrogen) atoms. The smallest absolute Gasteiger partial charge is 0.159 e. The number of Topliss-reactive ketones (excluding diaryl/α,β-unsaturated/α-hetero) is 1. The first kappa shape index (κ1) is 16.6. The normalized spacial score (nSPS) is 16.1. The zero-order valence-electron chi connectivity index (χ0n) is 14.1. The number of ether oxygens (including phenoxy) is 1. The summed E-state index contributed by atoms with van der Waals surface area (Å²) in [5.41, 5.74) is 4.39. The van der Waals surface area contributed by atoms with Crippen LogP contribution in [-0.4, -0.2) is 43.5 Å². The van der Waals surface area contributed by atoms with Crippen LogP contribution in [0.25, 0.3) is 11.6 Å². The van der Waals surface area contributed by atoms with Crippen molar-refractivity contribution in [2.45, 2.75) is 6.92 Å². The summed E-state index contributed by atoms with van der Waals surface area (Å²) in [4.78, 5) is 13.9. The van der Waals surface area contributed by atoms with Crippen LogP contribution >= 0.6 is 0 Å². The number of ketones is 1. The molecular weight excluding hydrogens is 298 g/mol. The summed E-state index contributed by atoms with van der Waals surface area (Å²) < 4.78 is 5.45. The fourth-order valence-corrected chi connectivity index (χ4v) is 2.89. The second-order valence-corrected chi connectivity index (χ2v) is 6.10. The molecule has 3 rings (SSSR count). The molecule has 124 valence electrons. The standard InChI is InChI=1S/C21H23NO2/c1-17(23)19-9-7-18(8-10-19)15-21(20-5-3-2-4-6-20)16-22-11-13-24-14-12-22/h2-10,15H,11-14,16H2,1H3/b21-15-. The van der Waals surface area contributed by atoms with E-state index in [1.807, 2.05) is 30.3 Å². The Hall–Kier alpha value is -2.23. The summed E-state index contributed by atoms with van der Waals surface area (Å²) >= 11 is 0. The summed E-state index contributed by atoms with van der Waals surface area (Å²) in [5.74, 6) is 0.0992. The van der Waals surface area contributed by atoms with Crippen LogP contribution in [0.5, 0.6) is 0 Å². The van der Waals surface area contributed by atoms with Crippen molar-refractivity contribution in [3.63, 3.8) is 0 Å². The lowest BCUT2D eigenvalue weighted by molar-refractivity contribution is 0.0444. The van der Waals surface area contributed by atoms with Crippen LogP contribution in [0.1, 0.15) is 28.4 Å². The predicted molar refractivity (Wildman–Crippen MR) is 98.0 cm³/mol. The minimum Gasteiger partial charge on any atom is -0.379 e. The first-order valence-corrected chi connectivity index (χ1v) is 8.39. The Morgan fingerprint density at radius 1 is 1.00 bits per heavy atom. The van der Waals surface area contributed by atoms with Crippen molar-refractivity contribution in [2.75, 3.05) is 32.8 Å². The van der Waals surface area contributed by atoms with Crippen LogP contribution in [0, 0.1) is 0 Å². The zero-order valence-corrected chi connectivity index (χ0v) is 14.1. The van der Waals surface area contributed by atoms with Gasteiger partial charge in [0, 0.05) is 25.2 Å². The van der Waals surface area contributed by atoms with Gasteiger partial charge in [0.05, 0.1) is 13.2 Å². The number of morpholine rings is 1. The third-order valence-electron chi connectivity index (χ3n) is 4.30. The second-order valence-electron chi connectivity index (χ2n) is 6.10. The fraction of sp³-hybridized carbons (Fsp3) is 0.286. The van der Waals surface area contributed by atoms with E-state index in [0.717, 1.165) is 44.0 Å². The average molecular weight is 321 g/mol. The van der Waals surface area contributed by atoms with E-state index in [2.05, 4.69) is 35.2 Å². The lowest BCUT2D eigenvalue weighted by atomic mass is 10.0. The monoisotopic (exact) mass is 321 g/mol. The highest BCUT2D eigenvalue weighted by atomic mass is 16.5. The van der Waals surface area contributed by atoms with Crippen LogP contribution in [0.4, 0.5) is 0 Å². The molecule has 1 aliphatic rings. The molecule has 0 N–H and O–H groups in total. The minimum atomic E-state index is 0.0992. The lowest BCUT2D eigenvalue weighted by Gasteiger charge is -2.27. The van der Waals surface area contributed by atoms with Crippen molar-refractivity contribution in [3.8, 4) is 0 Å². The highest BCUT2D eigenvalue weighted by Gasteiger charge is 2.13. The molecule has 0 saturated carbocycles. The van der Waals surface area contributed by atoms with Crippen LogP contribution in [0.3, 0.4) is 0 Å². The van der Waals surface area contributed by atoms with E-state index in [9.17, 15) is 4.79 Å². The molecule has 1 saturated heterocycles. The SMILES string of the molecule is CC(=O)c1ccc(/C=C(/CN2CCOCC2)c2ccccc2)cc1. The Bertz CT molecular complexity index is 698. The molecule has 1 fully saturated rings. The molecule has 0 aromatic heterocycles. The molecule has 2 aromatic rings. The topological polar surface area (TPSA) is 29.5 Å². The maximum Gasteiger partial charge on any atom is 0.159 e. The number of carbonyl (C=O) groups excluding carboxylic acids is 1. The van der Waals surface area contributed by atoms with Crippen LogP contribution < -0.4 is 0 Å². The van der Waals surface area contributed by atoms with E-state index in [0.29, 0.717) is 0 Å². The highest BCUT2D eigenvalue weighted by molar-refractivity contribution is 5.94. The second kappa shape index (κ2) is 8.04. The van der Waals surface area contributed by atoms with Crippen molar-refractivity contribution in [2.24, 2.45) is 0 Å². The van der Waals surface area contributed by atoms with Crippen molar-refractivity contribution >= 4 is 17.4 Å². The average Bonchev–Trinajstić information content (AvgIpc) is 2.63. The molecule has 0 amide bonds. The van der Waals surface area contributed by atoms with E-state index < -0.39 is 0 Å². The Morgan fingerprint density at radius 2 is 1.67 bits per heavy atom. The Morgan fingerprint density at radius 3 is 2.29 bits per heavy atom. The molecule has 0 unspecified atom stereocenters. The van der Waals surface area contributed by atoms with Gasteiger partial charge in [-0.15, -0.1) is 0 Å². The third-order valence-corrected chi connectivity index (χ3v) is 4.30. The molecular formula is C21H23NO2. The number of rotatable bonds is 5. The van der Waals surface area contributed by atoms with Crippen LogP contribution in [0.15, 0.2) is 54.6 Å². The summed E-state index contributed by atoms with van der Waals surface area (Å²) in [6, 6.07) is 18.3. The van der Waals surface area contributed by atoms with Gasteiger partial charge in [-0.2, -0.15) is 0 Å². The molecule has 0 spiro atoms. The Kier molecular flexibility index (Phi) is 5.57. The van der Waals surface area contributed by atoms with E-state index in [4.69, 9.17) is 4.74 Å². The molecule has 2 aromatic carbocycles. The first-order valence-electron chi connectivity index (χ1n) is 8.39. The number of nitrogens with zero attached hydrogens (tertiary/aromatic N) is 1. The van der Waals surface area contributed by atoms with E-state index in [-0.39, 0.29) is 5.78 Å². The van der Waals surface area contributed by atoms with Crippen molar-refractivity contribution in [3.05, 3.63) is 71.3 Å². The van der Waals surface area contributed by atoms with Gasteiger partial charge in [-0.05, 0) is 29.7 Å². The van der Waals surface area contributed by atoms with Gasteiger partial charge in [0.1, 0.15) is 0 Å². The maximum atomic E-state index is 11.4. The third kappa shape index (κ3) is 4.40. The fourth-order valence-electron chi connectivity index (χ4n) is 2.89. The predicted octanol–water partition coefficient (Wildman–Crippen LogP) is 3.76. The molecule has 3 heteroatoms. The Labute approximate surface area is 143 Å². The zero-order chi connectivity index (χ0) is 16.8. The maximum absolute atomic E-state index is 11.4. The van der Waals surface area contributed by atoms with Gasteiger partial charge in [0.2, 0.25) is 0 Å².